The molecule has 0 rings (SSSR count). The second-order valence-corrected chi connectivity index (χ2v) is 5.18. The van der Waals surface area contributed by atoms with Crippen molar-refractivity contribution in [1.82, 2.24) is 0 Å². The fourth-order valence-corrected chi connectivity index (χ4v) is 1.39. The Morgan fingerprint density at radius 1 is 1.00 bits per heavy atom. The highest BCUT2D eigenvalue weighted by Crippen LogP contribution is 2.50. The summed E-state index contributed by atoms with van der Waals surface area (Å²) < 4.78 is 25.2. The van der Waals surface area contributed by atoms with E-state index in [9.17, 15) is 14.2 Å². The molecule has 0 fully saturated rings. The molecule has 0 radical (unpaired) electrons. The average molecular weight is 308 g/mol. The largest absolute Gasteiger partial charge is 0.547 e. The van der Waals surface area contributed by atoms with Gasteiger partial charge in [-0.3, -0.25) is 14.3 Å². The number of rotatable bonds is 9. The van der Waals surface area contributed by atoms with Crippen LogP contribution in [0.3, 0.4) is 0 Å². The van der Waals surface area contributed by atoms with Crippen molar-refractivity contribution in [3.05, 3.63) is 24.3 Å². The van der Waals surface area contributed by atoms with E-state index in [1.807, 2.05) is 0 Å². The first-order valence-electron chi connectivity index (χ1n) is 5.58. The lowest BCUT2D eigenvalue weighted by atomic mass is 10.4. The predicted molar refractivity (Wildman–Crippen MR) is 67.8 cm³/mol. The van der Waals surface area contributed by atoms with Crippen LogP contribution < -0.4 is 0 Å². The van der Waals surface area contributed by atoms with Gasteiger partial charge >= 0.3 is 19.8 Å². The van der Waals surface area contributed by atoms with Gasteiger partial charge in [-0.15, -0.1) is 0 Å². The summed E-state index contributed by atoms with van der Waals surface area (Å²) in [6.45, 7) is 11.0. The Morgan fingerprint density at radius 2 is 1.40 bits per heavy atom. The molecular weight excluding hydrogens is 291 g/mol. The highest BCUT2D eigenvalue weighted by Gasteiger charge is 2.34. The smallest absolute Gasteiger partial charge is 0.283 e. The molecule has 0 unspecified atom stereocenters. The van der Waals surface area contributed by atoms with E-state index in [2.05, 4.69) is 32.3 Å². The van der Waals surface area contributed by atoms with E-state index in [1.165, 1.54) is 13.8 Å². The third-order valence-electron chi connectivity index (χ3n) is 1.56. The van der Waals surface area contributed by atoms with Gasteiger partial charge in [0.15, 0.2) is 0 Å². The molecule has 0 aliphatic heterocycles. The number of hydrogen-bond donors (Lipinski definition) is 0. The second kappa shape index (κ2) is 8.65. The van der Waals surface area contributed by atoms with Crippen molar-refractivity contribution in [1.29, 1.82) is 0 Å². The summed E-state index contributed by atoms with van der Waals surface area (Å²) in [6, 6.07) is 0. The third-order valence-corrected chi connectivity index (χ3v) is 2.57. The van der Waals surface area contributed by atoms with Crippen LogP contribution in [0.1, 0.15) is 27.2 Å². The molecule has 0 amide bonds. The third kappa shape index (κ3) is 7.20. The summed E-state index contributed by atoms with van der Waals surface area (Å²) in [6.07, 6.45) is 0.472. The quantitative estimate of drug-likeness (QED) is 0.277. The van der Waals surface area contributed by atoms with E-state index in [4.69, 9.17) is 4.52 Å². The first kappa shape index (κ1) is 18.5. The first-order valence-corrected chi connectivity index (χ1v) is 7.04. The van der Waals surface area contributed by atoms with Crippen LogP contribution in [-0.2, 0) is 37.8 Å². The summed E-state index contributed by atoms with van der Waals surface area (Å²) >= 11 is 0. The van der Waals surface area contributed by atoms with Crippen LogP contribution in [0.25, 0.3) is 0 Å². The molecule has 114 valence electrons. The Hall–Kier alpha value is -1.47. The molecule has 8 nitrogen and oxygen atoms in total. The van der Waals surface area contributed by atoms with E-state index >= 15 is 0 Å². The fourth-order valence-electron chi connectivity index (χ4n) is 0.560. The van der Waals surface area contributed by atoms with Crippen LogP contribution in [0.2, 0.25) is 0 Å². The maximum atomic E-state index is 11.9. The van der Waals surface area contributed by atoms with Crippen LogP contribution in [-0.4, -0.2) is 18.5 Å². The molecule has 0 aromatic heterocycles. The molecule has 0 spiro atoms. The van der Waals surface area contributed by atoms with Crippen LogP contribution >= 0.6 is 7.82 Å². The van der Waals surface area contributed by atoms with Crippen LogP contribution in [0.5, 0.6) is 0 Å². The first-order chi connectivity index (χ1) is 9.22. The zero-order valence-electron chi connectivity index (χ0n) is 11.5. The van der Waals surface area contributed by atoms with E-state index in [1.54, 1.807) is 6.92 Å². The van der Waals surface area contributed by atoms with Gasteiger partial charge in [-0.05, 0) is 20.3 Å². The minimum Gasteiger partial charge on any atom is -0.283 e. The Bertz CT molecular complexity index is 408. The molecular formula is C11H17O8P. The van der Waals surface area contributed by atoms with E-state index in [-0.39, 0.29) is 17.8 Å². The molecule has 0 aromatic rings. The molecule has 0 saturated heterocycles. The summed E-state index contributed by atoms with van der Waals surface area (Å²) in [7, 11) is -4.39. The lowest BCUT2D eigenvalue weighted by Gasteiger charge is -2.14. The van der Waals surface area contributed by atoms with Crippen LogP contribution in [0, 0.1) is 0 Å². The van der Waals surface area contributed by atoms with Gasteiger partial charge in [0.2, 0.25) is 0 Å². The van der Waals surface area contributed by atoms with Crippen molar-refractivity contribution >= 4 is 19.8 Å². The molecule has 0 aliphatic rings. The van der Waals surface area contributed by atoms with Crippen LogP contribution in [0.15, 0.2) is 24.3 Å². The zero-order valence-corrected chi connectivity index (χ0v) is 12.4. The molecule has 0 bridgehead atoms. The molecule has 0 heterocycles. The van der Waals surface area contributed by atoms with Gasteiger partial charge in [0.05, 0.1) is 6.61 Å². The lowest BCUT2D eigenvalue weighted by molar-refractivity contribution is -0.258. The van der Waals surface area contributed by atoms with Crippen molar-refractivity contribution in [3.8, 4) is 0 Å². The monoisotopic (exact) mass is 308 g/mol. The van der Waals surface area contributed by atoms with Crippen molar-refractivity contribution in [2.75, 3.05) is 6.61 Å². The van der Waals surface area contributed by atoms with Gasteiger partial charge in [0, 0.05) is 11.1 Å². The SMILES string of the molecule is C=C(C)C(=O)OOP(=O)(OCCC)OOC(=O)C(=C)C. The van der Waals surface area contributed by atoms with Gasteiger partial charge < -0.3 is 0 Å². The molecule has 0 atom stereocenters. The fraction of sp³-hybridized carbons (Fsp3) is 0.455. The Morgan fingerprint density at radius 3 is 1.70 bits per heavy atom. The zero-order chi connectivity index (χ0) is 15.8. The highest BCUT2D eigenvalue weighted by molar-refractivity contribution is 7.48. The van der Waals surface area contributed by atoms with E-state index in [0.717, 1.165) is 0 Å². The molecule has 9 heteroatoms. The second-order valence-electron chi connectivity index (χ2n) is 3.73. The Balaban J connectivity index is 4.61. The minimum atomic E-state index is -4.39. The topological polar surface area (TPSA) is 97.4 Å². The summed E-state index contributed by atoms with van der Waals surface area (Å²) in [5.74, 6) is -1.94. The highest BCUT2D eigenvalue weighted by atomic mass is 31.2. The number of carbonyl (C=O) groups is 2. The molecule has 0 aromatic carbocycles. The van der Waals surface area contributed by atoms with Crippen molar-refractivity contribution in [3.63, 3.8) is 0 Å². The van der Waals surface area contributed by atoms with Gasteiger partial charge in [-0.25, -0.2) is 14.2 Å². The van der Waals surface area contributed by atoms with E-state index < -0.39 is 19.8 Å². The molecule has 0 aliphatic carbocycles. The van der Waals surface area contributed by atoms with Gasteiger partial charge in [0.25, 0.3) is 0 Å². The standard InChI is InChI=1S/C11H17O8P/c1-6-7-15-20(14,18-16-10(12)8(2)3)19-17-11(13)9(4)5/h2,4,6-7H2,1,3,5H3. The number of hydrogen-bond acceptors (Lipinski definition) is 8. The summed E-state index contributed by atoms with van der Waals surface area (Å²) in [5.41, 5.74) is 0.0111. The van der Waals surface area contributed by atoms with Gasteiger partial charge in [0.1, 0.15) is 0 Å². The molecule has 0 saturated carbocycles. The van der Waals surface area contributed by atoms with Crippen molar-refractivity contribution < 1.29 is 37.8 Å². The number of phosphoric acid groups is 1. The number of carbonyl (C=O) groups excluding carboxylic acids is 2. The minimum absolute atomic E-state index is 0.00553. The molecule has 20 heavy (non-hydrogen) atoms. The molecule has 0 N–H and O–H groups in total. The van der Waals surface area contributed by atoms with Crippen molar-refractivity contribution in [2.45, 2.75) is 27.2 Å². The Labute approximate surface area is 116 Å². The summed E-state index contributed by atoms with van der Waals surface area (Å²) in [5, 5.41) is 0. The normalized spacial score (nSPS) is 10.8. The van der Waals surface area contributed by atoms with Gasteiger partial charge in [-0.1, -0.05) is 29.4 Å². The maximum Gasteiger partial charge on any atom is 0.547 e. The van der Waals surface area contributed by atoms with Crippen molar-refractivity contribution in [2.24, 2.45) is 0 Å². The maximum absolute atomic E-state index is 11.9. The lowest BCUT2D eigenvalue weighted by Crippen LogP contribution is -2.11. The average Bonchev–Trinajstić information content (AvgIpc) is 2.39. The van der Waals surface area contributed by atoms with Gasteiger partial charge in [-0.2, -0.15) is 0 Å². The van der Waals surface area contributed by atoms with E-state index in [0.29, 0.717) is 6.42 Å². The Kier molecular flexibility index (Phi) is 8.02. The summed E-state index contributed by atoms with van der Waals surface area (Å²) in [4.78, 5) is 30.6. The predicted octanol–water partition coefficient (Wildman–Crippen LogP) is 2.62. The van der Waals surface area contributed by atoms with Crippen LogP contribution in [0.4, 0.5) is 0 Å².